The molecule has 1 atom stereocenters. The Balaban J connectivity index is 2.34. The minimum Gasteiger partial charge on any atom is -0.481 e. The first-order valence-electron chi connectivity index (χ1n) is 10.3. The number of benzene rings is 1. The van der Waals surface area contributed by atoms with Crippen molar-refractivity contribution >= 4 is 23.4 Å². The maximum Gasteiger partial charge on any atom is 0.307 e. The van der Waals surface area contributed by atoms with Crippen LogP contribution in [-0.4, -0.2) is 26.4 Å². The number of Topliss-reactive ketones (excluding diaryl/α,β-unsaturated/α-hetero) is 1. The van der Waals surface area contributed by atoms with Gasteiger partial charge < -0.3 is 5.11 Å². The van der Waals surface area contributed by atoms with E-state index in [0.717, 1.165) is 24.8 Å². The van der Waals surface area contributed by atoms with Crippen molar-refractivity contribution in [3.63, 3.8) is 0 Å². The molecule has 1 N–H and O–H groups in total. The van der Waals surface area contributed by atoms with Crippen LogP contribution < -0.4 is 5.56 Å². The van der Waals surface area contributed by atoms with Crippen molar-refractivity contribution in [1.82, 2.24) is 9.55 Å². The summed E-state index contributed by atoms with van der Waals surface area (Å²) in [5.41, 5.74) is 1.00. The molecule has 0 aliphatic carbocycles. The van der Waals surface area contributed by atoms with Gasteiger partial charge in [0.2, 0.25) is 0 Å². The third-order valence-corrected chi connectivity index (χ3v) is 5.39. The fraction of sp³-hybridized carbons (Fsp3) is 0.478. The second kappa shape index (κ2) is 11.1. The van der Waals surface area contributed by atoms with Gasteiger partial charge in [-0.1, -0.05) is 57.3 Å². The van der Waals surface area contributed by atoms with Gasteiger partial charge in [-0.3, -0.25) is 19.0 Å². The van der Waals surface area contributed by atoms with Crippen LogP contribution in [0, 0.1) is 11.8 Å². The van der Waals surface area contributed by atoms with E-state index >= 15 is 0 Å². The lowest BCUT2D eigenvalue weighted by Crippen LogP contribution is -2.31. The zero-order valence-corrected chi connectivity index (χ0v) is 18.5. The van der Waals surface area contributed by atoms with Crippen molar-refractivity contribution in [1.29, 1.82) is 0 Å². The van der Waals surface area contributed by atoms with Gasteiger partial charge in [0.25, 0.3) is 5.56 Å². The molecule has 7 heteroatoms. The van der Waals surface area contributed by atoms with E-state index in [4.69, 9.17) is 11.6 Å². The van der Waals surface area contributed by atoms with Crippen molar-refractivity contribution in [2.75, 3.05) is 0 Å². The molecular formula is C23H29ClN2O4. The molecule has 2 rings (SSSR count). The van der Waals surface area contributed by atoms with Crippen molar-refractivity contribution in [2.24, 2.45) is 11.8 Å². The number of hydrogen-bond donors (Lipinski definition) is 1. The number of carboxylic acids is 1. The van der Waals surface area contributed by atoms with Crippen molar-refractivity contribution in [2.45, 2.75) is 59.4 Å². The molecule has 30 heavy (non-hydrogen) atoms. The second-order valence-corrected chi connectivity index (χ2v) is 8.31. The Kier molecular flexibility index (Phi) is 8.78. The number of hydrogen-bond acceptors (Lipinski definition) is 4. The minimum absolute atomic E-state index is 0.104. The van der Waals surface area contributed by atoms with Gasteiger partial charge in [-0.2, -0.15) is 0 Å². The Labute approximate surface area is 181 Å². The van der Waals surface area contributed by atoms with Crippen LogP contribution in [-0.2, 0) is 22.6 Å². The number of rotatable bonds is 11. The molecule has 162 valence electrons. The molecule has 0 aliphatic heterocycles. The predicted octanol–water partition coefficient (Wildman–Crippen LogP) is 4.61. The van der Waals surface area contributed by atoms with Gasteiger partial charge in [-0.25, -0.2) is 4.98 Å². The Bertz CT molecular complexity index is 935. The van der Waals surface area contributed by atoms with Gasteiger partial charge in [-0.15, -0.1) is 0 Å². The summed E-state index contributed by atoms with van der Waals surface area (Å²) < 4.78 is 1.39. The number of unbranched alkanes of at least 4 members (excludes halogenated alkanes) is 2. The topological polar surface area (TPSA) is 89.3 Å². The molecule has 1 aromatic heterocycles. The van der Waals surface area contributed by atoms with Crippen LogP contribution in [0.4, 0.5) is 0 Å². The molecule has 0 radical (unpaired) electrons. The minimum atomic E-state index is -0.995. The maximum absolute atomic E-state index is 12.9. The van der Waals surface area contributed by atoms with E-state index in [0.29, 0.717) is 23.0 Å². The average molecular weight is 433 g/mol. The first-order valence-corrected chi connectivity index (χ1v) is 10.7. The van der Waals surface area contributed by atoms with Crippen LogP contribution in [0.1, 0.15) is 52.3 Å². The van der Waals surface area contributed by atoms with E-state index in [1.54, 1.807) is 38.1 Å². The van der Waals surface area contributed by atoms with Gasteiger partial charge in [0, 0.05) is 29.5 Å². The smallest absolute Gasteiger partial charge is 0.307 e. The second-order valence-electron chi connectivity index (χ2n) is 7.88. The molecule has 1 heterocycles. The monoisotopic (exact) mass is 432 g/mol. The third kappa shape index (κ3) is 6.52. The molecule has 0 spiro atoms. The number of nitrogens with zero attached hydrogens (tertiary/aromatic N) is 2. The number of carbonyl (C=O) groups excluding carboxylic acids is 1. The first-order chi connectivity index (χ1) is 14.2. The first kappa shape index (κ1) is 23.8. The van der Waals surface area contributed by atoms with Crippen molar-refractivity contribution < 1.29 is 14.7 Å². The van der Waals surface area contributed by atoms with Gasteiger partial charge in [0.1, 0.15) is 5.82 Å². The van der Waals surface area contributed by atoms with Gasteiger partial charge in [-0.05, 0) is 24.5 Å². The fourth-order valence-corrected chi connectivity index (χ4v) is 3.44. The van der Waals surface area contributed by atoms with Crippen LogP contribution >= 0.6 is 11.6 Å². The summed E-state index contributed by atoms with van der Waals surface area (Å²) in [7, 11) is 0. The van der Waals surface area contributed by atoms with Gasteiger partial charge in [0.05, 0.1) is 18.2 Å². The Morgan fingerprint density at radius 3 is 2.40 bits per heavy atom. The average Bonchev–Trinajstić information content (AvgIpc) is 2.68. The number of carboxylic acid groups (broad SMARTS) is 1. The molecule has 0 saturated carbocycles. The van der Waals surface area contributed by atoms with Crippen molar-refractivity contribution in [3.8, 4) is 11.3 Å². The highest BCUT2D eigenvalue weighted by Crippen LogP contribution is 2.20. The molecule has 2 aromatic rings. The molecule has 0 amide bonds. The predicted molar refractivity (Wildman–Crippen MR) is 118 cm³/mol. The lowest BCUT2D eigenvalue weighted by atomic mass is 9.91. The Morgan fingerprint density at radius 1 is 1.17 bits per heavy atom. The van der Waals surface area contributed by atoms with Crippen LogP contribution in [0.2, 0.25) is 5.02 Å². The normalized spacial score (nSPS) is 12.2. The van der Waals surface area contributed by atoms with Gasteiger partial charge in [0.15, 0.2) is 5.78 Å². The summed E-state index contributed by atoms with van der Waals surface area (Å²) in [6.45, 7) is 5.48. The number of aliphatic carboxylic acids is 1. The van der Waals surface area contributed by atoms with E-state index in [9.17, 15) is 19.5 Å². The van der Waals surface area contributed by atoms with E-state index in [-0.39, 0.29) is 30.2 Å². The summed E-state index contributed by atoms with van der Waals surface area (Å²) in [4.78, 5) is 41.5. The lowest BCUT2D eigenvalue weighted by Gasteiger charge is -2.17. The van der Waals surface area contributed by atoms with Crippen molar-refractivity contribution in [3.05, 3.63) is 51.5 Å². The molecule has 6 nitrogen and oxygen atoms in total. The lowest BCUT2D eigenvalue weighted by molar-refractivity contribution is -0.145. The van der Waals surface area contributed by atoms with Gasteiger partial charge >= 0.3 is 5.97 Å². The molecule has 0 fully saturated rings. The summed E-state index contributed by atoms with van der Waals surface area (Å²) >= 11 is 5.95. The Hall–Kier alpha value is -2.47. The van der Waals surface area contributed by atoms with Crippen LogP contribution in [0.5, 0.6) is 0 Å². The quantitative estimate of drug-likeness (QED) is 0.523. The van der Waals surface area contributed by atoms with Crippen LogP contribution in [0.15, 0.2) is 35.1 Å². The highest BCUT2D eigenvalue weighted by molar-refractivity contribution is 6.30. The summed E-state index contributed by atoms with van der Waals surface area (Å²) in [5, 5.41) is 9.95. The highest BCUT2D eigenvalue weighted by atomic mass is 35.5. The van der Waals surface area contributed by atoms with E-state index in [1.807, 2.05) is 0 Å². The number of ketones is 1. The zero-order chi connectivity index (χ0) is 22.3. The highest BCUT2D eigenvalue weighted by Gasteiger charge is 2.25. The van der Waals surface area contributed by atoms with Crippen LogP contribution in [0.25, 0.3) is 11.3 Å². The molecule has 0 saturated heterocycles. The Morgan fingerprint density at radius 2 is 1.83 bits per heavy atom. The standard InChI is InChI=1S/C23H29ClN2O4/c1-4-5-6-7-21-25-20(16-8-10-17(24)11-9-16)13-22(28)26(21)14-18(27)12-19(15(2)3)23(29)30/h8-11,13,15,19H,4-7,12,14H2,1-3H3,(H,29,30). The SMILES string of the molecule is CCCCCc1nc(-c2ccc(Cl)cc2)cc(=O)n1CC(=O)CC(C(=O)O)C(C)C. The molecule has 0 aliphatic rings. The van der Waals surface area contributed by atoms with E-state index < -0.39 is 11.9 Å². The van der Waals surface area contributed by atoms with E-state index in [2.05, 4.69) is 11.9 Å². The molecule has 1 aromatic carbocycles. The number of aromatic nitrogens is 2. The van der Waals surface area contributed by atoms with E-state index in [1.165, 1.54) is 10.6 Å². The largest absolute Gasteiger partial charge is 0.481 e. The fourth-order valence-electron chi connectivity index (χ4n) is 3.31. The maximum atomic E-state index is 12.9. The van der Waals surface area contributed by atoms with Crippen LogP contribution in [0.3, 0.4) is 0 Å². The number of halogens is 1. The number of aryl methyl sites for hydroxylation is 1. The summed E-state index contributed by atoms with van der Waals surface area (Å²) in [5.74, 6) is -1.66. The third-order valence-electron chi connectivity index (χ3n) is 5.14. The summed E-state index contributed by atoms with van der Waals surface area (Å²) in [6, 6.07) is 8.49. The summed E-state index contributed by atoms with van der Waals surface area (Å²) in [6.07, 6.45) is 3.33. The molecule has 0 bridgehead atoms. The zero-order valence-electron chi connectivity index (χ0n) is 17.7. The number of carbonyl (C=O) groups is 2. The molecule has 1 unspecified atom stereocenters. The molecular weight excluding hydrogens is 404 g/mol.